The molecule has 3 aliphatic heterocycles. The molecule has 0 atom stereocenters. The second-order valence-corrected chi connectivity index (χ2v) is 14.2. The largest absolute Gasteiger partial charge is 0.134 e. The van der Waals surface area contributed by atoms with Crippen LogP contribution in [0.4, 0.5) is 0 Å². The lowest BCUT2D eigenvalue weighted by atomic mass is 10.2. The minimum atomic E-state index is 0.634. The van der Waals surface area contributed by atoms with Crippen LogP contribution in [0.2, 0.25) is 0 Å². The monoisotopic (exact) mass is 418 g/mol. The summed E-state index contributed by atoms with van der Waals surface area (Å²) in [5, 5.41) is 0. The van der Waals surface area contributed by atoms with E-state index in [0.717, 1.165) is 0 Å². The van der Waals surface area contributed by atoms with Gasteiger partial charge in [-0.3, -0.25) is 0 Å². The van der Waals surface area contributed by atoms with E-state index in [9.17, 15) is 0 Å². The molecule has 2 saturated heterocycles. The number of rotatable bonds is 4. The molecule has 0 N–H and O–H groups in total. The summed E-state index contributed by atoms with van der Waals surface area (Å²) >= 11 is 4.10. The number of hydrogen-bond acceptors (Lipinski definition) is 2. The van der Waals surface area contributed by atoms with Gasteiger partial charge in [0.05, 0.1) is 0 Å². The van der Waals surface area contributed by atoms with Gasteiger partial charge in [0.15, 0.2) is 0 Å². The third-order valence-electron chi connectivity index (χ3n) is 5.50. The first-order valence-electron chi connectivity index (χ1n) is 9.74. The van der Waals surface area contributed by atoms with Gasteiger partial charge in [-0.25, -0.2) is 0 Å². The van der Waals surface area contributed by atoms with Gasteiger partial charge in [0.1, 0.15) is 34.5 Å². The zero-order chi connectivity index (χ0) is 17.3. The van der Waals surface area contributed by atoms with Crippen molar-refractivity contribution in [1.29, 1.82) is 0 Å². The van der Waals surface area contributed by atoms with Crippen molar-refractivity contribution in [3.63, 3.8) is 0 Å². The van der Waals surface area contributed by atoms with Crippen molar-refractivity contribution in [2.24, 2.45) is 0 Å². The molecule has 0 saturated carbocycles. The molecule has 0 bridgehead atoms. The highest BCUT2D eigenvalue weighted by molar-refractivity contribution is 8.05. The van der Waals surface area contributed by atoms with E-state index >= 15 is 0 Å². The molecular formula is C22H26S4+2. The van der Waals surface area contributed by atoms with E-state index in [1.165, 1.54) is 70.0 Å². The maximum Gasteiger partial charge on any atom is 0.134 e. The fourth-order valence-electron chi connectivity index (χ4n) is 4.09. The smallest absolute Gasteiger partial charge is 0.0872 e. The first-order chi connectivity index (χ1) is 12.9. The third-order valence-corrected chi connectivity index (χ3v) is 13.2. The van der Waals surface area contributed by atoms with Crippen LogP contribution >= 0.6 is 23.5 Å². The van der Waals surface area contributed by atoms with Gasteiger partial charge in [-0.2, -0.15) is 0 Å². The van der Waals surface area contributed by atoms with Gasteiger partial charge in [-0.05, 0) is 59.6 Å². The minimum absolute atomic E-state index is 0.634. The SMILES string of the molecule is c1ccc2c(c1)Sc1c(C[S+]3CCCC3)ccc(C[S+]3CCCC3)c1S2. The standard InChI is InChI=1S/C22H26S4/c1-2-8-20-19(7-1)23-21-17(15-25-11-3-4-12-25)9-10-18(22(21)24-20)16-26-13-5-6-14-26/h1-2,7-10H,3-6,11-16H2/q+2. The van der Waals surface area contributed by atoms with Crippen molar-refractivity contribution in [3.8, 4) is 0 Å². The Labute approximate surface area is 172 Å². The lowest BCUT2D eigenvalue weighted by Gasteiger charge is -2.23. The molecule has 26 heavy (non-hydrogen) atoms. The Morgan fingerprint density at radius 1 is 0.615 bits per heavy atom. The average molecular weight is 419 g/mol. The van der Waals surface area contributed by atoms with E-state index in [-0.39, 0.29) is 0 Å². The molecule has 0 radical (unpaired) electrons. The quantitative estimate of drug-likeness (QED) is 0.468. The molecule has 5 rings (SSSR count). The number of benzene rings is 2. The van der Waals surface area contributed by atoms with Crippen molar-refractivity contribution in [2.45, 2.75) is 56.8 Å². The fourth-order valence-corrected chi connectivity index (χ4v) is 11.6. The maximum absolute atomic E-state index is 2.50. The summed E-state index contributed by atoms with van der Waals surface area (Å²) in [5.74, 6) is 8.51. The highest BCUT2D eigenvalue weighted by Gasteiger charge is 2.31. The Morgan fingerprint density at radius 2 is 1.04 bits per heavy atom. The molecular weight excluding hydrogens is 393 g/mol. The summed E-state index contributed by atoms with van der Waals surface area (Å²) in [5.41, 5.74) is 3.27. The van der Waals surface area contributed by atoms with Crippen LogP contribution in [0.25, 0.3) is 0 Å². The minimum Gasteiger partial charge on any atom is -0.0872 e. The van der Waals surface area contributed by atoms with Crippen molar-refractivity contribution < 1.29 is 0 Å². The van der Waals surface area contributed by atoms with Crippen LogP contribution in [0.1, 0.15) is 36.8 Å². The summed E-state index contributed by atoms with van der Waals surface area (Å²) in [7, 11) is 1.27. The van der Waals surface area contributed by atoms with Gasteiger partial charge in [-0.15, -0.1) is 0 Å². The molecule has 4 heteroatoms. The molecule has 0 aromatic heterocycles. The van der Waals surface area contributed by atoms with E-state index in [1.54, 1.807) is 20.9 Å². The van der Waals surface area contributed by atoms with Crippen LogP contribution in [0, 0.1) is 0 Å². The molecule has 3 heterocycles. The van der Waals surface area contributed by atoms with Crippen LogP contribution < -0.4 is 0 Å². The molecule has 0 spiro atoms. The fraction of sp³-hybridized carbons (Fsp3) is 0.455. The highest BCUT2D eigenvalue weighted by Crippen LogP contribution is 2.51. The maximum atomic E-state index is 2.50. The predicted octanol–water partition coefficient (Wildman–Crippen LogP) is 6.13. The second-order valence-electron chi connectivity index (χ2n) is 7.44. The Hall–Kier alpha value is -0.160. The first-order valence-corrected chi connectivity index (χ1v) is 14.8. The molecule has 0 unspecified atom stereocenters. The van der Waals surface area contributed by atoms with E-state index in [2.05, 4.69) is 59.9 Å². The second kappa shape index (κ2) is 8.06. The zero-order valence-corrected chi connectivity index (χ0v) is 18.4. The zero-order valence-electron chi connectivity index (χ0n) is 15.2. The molecule has 0 nitrogen and oxygen atoms in total. The van der Waals surface area contributed by atoms with Crippen molar-refractivity contribution in [2.75, 3.05) is 23.0 Å². The topological polar surface area (TPSA) is 0 Å². The van der Waals surface area contributed by atoms with Crippen LogP contribution in [-0.4, -0.2) is 23.0 Å². The van der Waals surface area contributed by atoms with Gasteiger partial charge >= 0.3 is 0 Å². The molecule has 0 aliphatic carbocycles. The van der Waals surface area contributed by atoms with Gasteiger partial charge in [0, 0.05) is 30.7 Å². The molecule has 2 fully saturated rings. The van der Waals surface area contributed by atoms with Crippen molar-refractivity contribution in [3.05, 3.63) is 47.5 Å². The first kappa shape index (κ1) is 17.9. The molecule has 3 aliphatic rings. The summed E-state index contributed by atoms with van der Waals surface area (Å²) in [4.78, 5) is 6.13. The summed E-state index contributed by atoms with van der Waals surface area (Å²) in [6.07, 6.45) is 5.82. The predicted molar refractivity (Wildman–Crippen MR) is 121 cm³/mol. The van der Waals surface area contributed by atoms with Gasteiger partial charge in [-0.1, -0.05) is 47.8 Å². The van der Waals surface area contributed by atoms with Crippen LogP contribution in [0.5, 0.6) is 0 Å². The van der Waals surface area contributed by atoms with E-state index < -0.39 is 0 Å². The molecule has 2 aromatic rings. The van der Waals surface area contributed by atoms with Gasteiger partial charge in [0.2, 0.25) is 0 Å². The van der Waals surface area contributed by atoms with Crippen LogP contribution in [0.15, 0.2) is 56.0 Å². The molecule has 136 valence electrons. The Bertz CT molecular complexity index is 723. The Kier molecular flexibility index (Phi) is 5.55. The van der Waals surface area contributed by atoms with Crippen LogP contribution in [-0.2, 0) is 33.3 Å². The molecule has 2 aromatic carbocycles. The third kappa shape index (κ3) is 3.72. The van der Waals surface area contributed by atoms with Crippen LogP contribution in [0.3, 0.4) is 0 Å². The van der Waals surface area contributed by atoms with E-state index in [1.807, 2.05) is 0 Å². The summed E-state index contributed by atoms with van der Waals surface area (Å²) < 4.78 is 0. The lowest BCUT2D eigenvalue weighted by Crippen LogP contribution is -2.11. The van der Waals surface area contributed by atoms with E-state index in [4.69, 9.17) is 0 Å². The Morgan fingerprint density at radius 3 is 1.46 bits per heavy atom. The number of fused-ring (bicyclic) bond motifs is 2. The molecule has 0 amide bonds. The summed E-state index contributed by atoms with van der Waals surface area (Å²) in [6.45, 7) is 0. The average Bonchev–Trinajstić information content (AvgIpc) is 3.36. The lowest BCUT2D eigenvalue weighted by molar-refractivity contribution is 0.949. The Balaban J connectivity index is 1.50. The van der Waals surface area contributed by atoms with E-state index in [0.29, 0.717) is 21.8 Å². The number of hydrogen-bond donors (Lipinski definition) is 0. The van der Waals surface area contributed by atoms with Crippen molar-refractivity contribution >= 4 is 45.3 Å². The van der Waals surface area contributed by atoms with Crippen molar-refractivity contribution in [1.82, 2.24) is 0 Å². The van der Waals surface area contributed by atoms with Gasteiger partial charge in [0.25, 0.3) is 0 Å². The van der Waals surface area contributed by atoms with Gasteiger partial charge < -0.3 is 0 Å². The highest BCUT2D eigenvalue weighted by atomic mass is 32.2. The normalized spacial score (nSPS) is 20.3. The summed E-state index contributed by atoms with van der Waals surface area (Å²) in [6, 6.07) is 14.0.